The Balaban J connectivity index is 1.51. The number of nitrogens with one attached hydrogen (secondary N) is 1. The van der Waals surface area contributed by atoms with Crippen molar-refractivity contribution in [3.63, 3.8) is 0 Å². The third kappa shape index (κ3) is 2.47. The summed E-state index contributed by atoms with van der Waals surface area (Å²) in [7, 11) is 0. The summed E-state index contributed by atoms with van der Waals surface area (Å²) in [6.07, 6.45) is 0.930. The molecule has 3 atom stereocenters. The number of fused-ring (bicyclic) bond motifs is 3. The molecule has 0 saturated heterocycles. The van der Waals surface area contributed by atoms with Crippen molar-refractivity contribution in [1.82, 2.24) is 5.32 Å². The summed E-state index contributed by atoms with van der Waals surface area (Å²) >= 11 is 6.02. The topological polar surface area (TPSA) is 66.4 Å². The predicted octanol–water partition coefficient (Wildman–Crippen LogP) is 3.41. The lowest BCUT2D eigenvalue weighted by Gasteiger charge is -2.11. The summed E-state index contributed by atoms with van der Waals surface area (Å²) in [6, 6.07) is 10.8. The van der Waals surface area contributed by atoms with Crippen molar-refractivity contribution >= 4 is 23.5 Å². The highest BCUT2D eigenvalue weighted by atomic mass is 35.5. The second kappa shape index (κ2) is 5.35. The van der Waals surface area contributed by atoms with E-state index in [4.69, 9.17) is 16.7 Å². The summed E-state index contributed by atoms with van der Waals surface area (Å²) < 4.78 is 0. The molecule has 2 aromatic carbocycles. The fourth-order valence-electron chi connectivity index (χ4n) is 3.85. The van der Waals surface area contributed by atoms with Crippen LogP contribution in [0.1, 0.15) is 43.3 Å². The van der Waals surface area contributed by atoms with Gasteiger partial charge in [0.15, 0.2) is 0 Å². The Morgan fingerprint density at radius 3 is 2.67 bits per heavy atom. The molecule has 2 aliphatic rings. The van der Waals surface area contributed by atoms with Gasteiger partial charge in [-0.2, -0.15) is 0 Å². The second-order valence-electron chi connectivity index (χ2n) is 6.63. The van der Waals surface area contributed by atoms with Crippen LogP contribution in [0.5, 0.6) is 0 Å². The first-order valence-corrected chi connectivity index (χ1v) is 8.26. The van der Waals surface area contributed by atoms with Gasteiger partial charge in [-0.15, -0.1) is 0 Å². The minimum Gasteiger partial charge on any atom is -0.478 e. The minimum atomic E-state index is -1.03. The maximum Gasteiger partial charge on any atom is 0.335 e. The summed E-state index contributed by atoms with van der Waals surface area (Å²) in [4.78, 5) is 23.6. The zero-order valence-corrected chi connectivity index (χ0v) is 13.8. The number of carbonyl (C=O) groups is 2. The van der Waals surface area contributed by atoms with Crippen LogP contribution in [0.2, 0.25) is 5.02 Å². The molecule has 2 N–H and O–H groups in total. The number of aromatic carboxylic acids is 1. The second-order valence-corrected chi connectivity index (χ2v) is 7.07. The third-order valence-corrected chi connectivity index (χ3v) is 5.21. The first-order chi connectivity index (χ1) is 11.4. The molecule has 4 rings (SSSR count). The molecule has 1 fully saturated rings. The van der Waals surface area contributed by atoms with E-state index in [1.807, 2.05) is 18.2 Å². The third-order valence-electron chi connectivity index (χ3n) is 4.97. The number of carboxylic acids is 1. The molecule has 0 aliphatic heterocycles. The number of carbonyl (C=O) groups excluding carboxylic acids is 1. The number of halogens is 1. The van der Waals surface area contributed by atoms with Crippen molar-refractivity contribution in [2.45, 2.75) is 25.3 Å². The van der Waals surface area contributed by atoms with E-state index in [0.717, 1.165) is 17.0 Å². The normalized spacial score (nSPS) is 23.3. The van der Waals surface area contributed by atoms with Gasteiger partial charge in [0, 0.05) is 22.5 Å². The maximum absolute atomic E-state index is 12.5. The highest BCUT2D eigenvalue weighted by molar-refractivity contribution is 6.30. The van der Waals surface area contributed by atoms with Gasteiger partial charge >= 0.3 is 5.97 Å². The highest BCUT2D eigenvalue weighted by Crippen LogP contribution is 2.56. The molecule has 4 nitrogen and oxygen atoms in total. The molecule has 122 valence electrons. The van der Waals surface area contributed by atoms with E-state index in [2.05, 4.69) is 5.32 Å². The van der Waals surface area contributed by atoms with Crippen LogP contribution in [-0.2, 0) is 6.42 Å². The molecular weight excluding hydrogens is 326 g/mol. The van der Waals surface area contributed by atoms with Gasteiger partial charge in [-0.05, 0) is 66.3 Å². The van der Waals surface area contributed by atoms with Crippen molar-refractivity contribution in [3.05, 3.63) is 69.2 Å². The van der Waals surface area contributed by atoms with Crippen molar-refractivity contribution in [1.29, 1.82) is 0 Å². The fraction of sp³-hybridized carbons (Fsp3) is 0.263. The smallest absolute Gasteiger partial charge is 0.335 e. The number of hydrogen-bond donors (Lipinski definition) is 2. The summed E-state index contributed by atoms with van der Waals surface area (Å²) in [5, 5.41) is 12.9. The van der Waals surface area contributed by atoms with Crippen LogP contribution in [0, 0.1) is 12.8 Å². The van der Waals surface area contributed by atoms with Crippen LogP contribution in [0.25, 0.3) is 0 Å². The molecule has 1 saturated carbocycles. The first kappa shape index (κ1) is 15.2. The van der Waals surface area contributed by atoms with E-state index in [1.165, 1.54) is 17.2 Å². The number of carboxylic acid groups (broad SMARTS) is 1. The van der Waals surface area contributed by atoms with E-state index in [-0.39, 0.29) is 17.5 Å². The largest absolute Gasteiger partial charge is 0.478 e. The standard InChI is InChI=1S/C19H16ClNO3/c1-9-4-11(6-12(5-9)19(23)24)18(22)21-17-15-8-10-7-13(20)2-3-14(10)16(15)17/h2-7,15-17H,8H2,1H3,(H,21,22)(H,23,24). The van der Waals surface area contributed by atoms with Gasteiger partial charge in [-0.3, -0.25) is 4.79 Å². The minimum absolute atomic E-state index is 0.125. The molecule has 1 amide bonds. The Kier molecular flexibility index (Phi) is 3.39. The van der Waals surface area contributed by atoms with Crippen LogP contribution < -0.4 is 5.32 Å². The van der Waals surface area contributed by atoms with E-state index in [0.29, 0.717) is 17.4 Å². The number of aryl methyl sites for hydroxylation is 1. The van der Waals surface area contributed by atoms with Gasteiger partial charge in [0.2, 0.25) is 0 Å². The SMILES string of the molecule is Cc1cc(C(=O)O)cc(C(=O)NC2C3Cc4cc(Cl)ccc4C32)c1. The summed E-state index contributed by atoms with van der Waals surface area (Å²) in [5.41, 5.74) is 3.83. The molecule has 2 aliphatic carbocycles. The average molecular weight is 342 g/mol. The number of rotatable bonds is 3. The van der Waals surface area contributed by atoms with E-state index >= 15 is 0 Å². The Bertz CT molecular complexity index is 877. The Hall–Kier alpha value is -2.33. The molecule has 3 unspecified atom stereocenters. The predicted molar refractivity (Wildman–Crippen MR) is 90.8 cm³/mol. The van der Waals surface area contributed by atoms with Crippen molar-refractivity contribution in [2.75, 3.05) is 0 Å². The zero-order valence-electron chi connectivity index (χ0n) is 13.0. The molecule has 0 heterocycles. The van der Waals surface area contributed by atoms with Crippen LogP contribution in [0.15, 0.2) is 36.4 Å². The quantitative estimate of drug-likeness (QED) is 0.899. The first-order valence-electron chi connectivity index (χ1n) is 7.88. The molecule has 0 bridgehead atoms. The maximum atomic E-state index is 12.5. The molecule has 5 heteroatoms. The summed E-state index contributed by atoms with van der Waals surface area (Å²) in [6.45, 7) is 1.79. The zero-order chi connectivity index (χ0) is 17.0. The van der Waals surface area contributed by atoms with Crippen LogP contribution in [0.3, 0.4) is 0 Å². The van der Waals surface area contributed by atoms with E-state index in [1.54, 1.807) is 19.1 Å². The molecule has 0 spiro atoms. The molecule has 0 aromatic heterocycles. The van der Waals surface area contributed by atoms with E-state index < -0.39 is 5.97 Å². The highest BCUT2D eigenvalue weighted by Gasteiger charge is 2.56. The van der Waals surface area contributed by atoms with Gasteiger partial charge in [-0.1, -0.05) is 17.7 Å². The van der Waals surface area contributed by atoms with Crippen LogP contribution in [-0.4, -0.2) is 23.0 Å². The lowest BCUT2D eigenvalue weighted by atomic mass is 10.0. The Morgan fingerprint density at radius 1 is 1.17 bits per heavy atom. The number of amides is 1. The summed E-state index contributed by atoms with van der Waals surface area (Å²) in [5.74, 6) is -0.464. The van der Waals surface area contributed by atoms with Gasteiger partial charge in [0.1, 0.15) is 0 Å². The Labute approximate surface area is 144 Å². The van der Waals surface area contributed by atoms with Crippen LogP contribution >= 0.6 is 11.6 Å². The van der Waals surface area contributed by atoms with Crippen molar-refractivity contribution in [2.24, 2.45) is 5.92 Å². The monoisotopic (exact) mass is 341 g/mol. The molecule has 24 heavy (non-hydrogen) atoms. The van der Waals surface area contributed by atoms with Crippen molar-refractivity contribution in [3.8, 4) is 0 Å². The van der Waals surface area contributed by atoms with Gasteiger partial charge in [-0.25, -0.2) is 4.79 Å². The lowest BCUT2D eigenvalue weighted by Crippen LogP contribution is -2.29. The fourth-order valence-corrected chi connectivity index (χ4v) is 4.05. The Morgan fingerprint density at radius 2 is 1.92 bits per heavy atom. The number of hydrogen-bond acceptors (Lipinski definition) is 2. The van der Waals surface area contributed by atoms with Crippen LogP contribution in [0.4, 0.5) is 0 Å². The van der Waals surface area contributed by atoms with Gasteiger partial charge < -0.3 is 10.4 Å². The van der Waals surface area contributed by atoms with Crippen molar-refractivity contribution < 1.29 is 14.7 Å². The molecule has 2 aromatic rings. The van der Waals surface area contributed by atoms with Gasteiger partial charge in [0.25, 0.3) is 5.91 Å². The van der Waals surface area contributed by atoms with Gasteiger partial charge in [0.05, 0.1) is 5.56 Å². The molecular formula is C19H16ClNO3. The van der Waals surface area contributed by atoms with E-state index in [9.17, 15) is 9.59 Å². The average Bonchev–Trinajstić information content (AvgIpc) is 3.03. The molecule has 0 radical (unpaired) electrons. The lowest BCUT2D eigenvalue weighted by molar-refractivity contribution is 0.0696. The number of benzene rings is 2.